The third-order valence-corrected chi connectivity index (χ3v) is 8.03. The number of hydrogen-bond donors (Lipinski definition) is 2. The van der Waals surface area contributed by atoms with Gasteiger partial charge in [-0.25, -0.2) is 13.3 Å². The van der Waals surface area contributed by atoms with Gasteiger partial charge in [0.2, 0.25) is 0 Å². The highest BCUT2D eigenvalue weighted by molar-refractivity contribution is 7.91. The molecule has 0 radical (unpaired) electrons. The van der Waals surface area contributed by atoms with Crippen molar-refractivity contribution in [3.63, 3.8) is 0 Å². The van der Waals surface area contributed by atoms with Gasteiger partial charge in [0.25, 0.3) is 0 Å². The van der Waals surface area contributed by atoms with Crippen molar-refractivity contribution in [3.05, 3.63) is 83.9 Å². The highest BCUT2D eigenvalue weighted by Gasteiger charge is 2.31. The van der Waals surface area contributed by atoms with Crippen LogP contribution in [-0.4, -0.2) is 41.4 Å². The lowest BCUT2D eigenvalue weighted by molar-refractivity contribution is -0.274. The molecule has 2 atom stereocenters. The number of ether oxygens (including phenoxy) is 1. The van der Waals surface area contributed by atoms with E-state index in [0.29, 0.717) is 6.42 Å². The third kappa shape index (κ3) is 6.82. The van der Waals surface area contributed by atoms with Gasteiger partial charge in [-0.15, -0.1) is 13.2 Å². The van der Waals surface area contributed by atoms with Gasteiger partial charge in [-0.2, -0.15) is 0 Å². The van der Waals surface area contributed by atoms with Gasteiger partial charge in [0.15, 0.2) is 0 Å². The molecule has 0 saturated heterocycles. The quantitative estimate of drug-likeness (QED) is 0.374. The molecule has 0 fully saturated rings. The Morgan fingerprint density at radius 2 is 1.57 bits per heavy atom. The predicted molar refractivity (Wildman–Crippen MR) is 138 cm³/mol. The largest absolute Gasteiger partial charge is 0.573 e. The molecule has 0 saturated carbocycles. The highest BCUT2D eigenvalue weighted by Crippen LogP contribution is 2.36. The predicted octanol–water partition coefficient (Wildman–Crippen LogP) is 5.62. The van der Waals surface area contributed by atoms with Crippen LogP contribution >= 0.6 is 0 Å². The van der Waals surface area contributed by atoms with Gasteiger partial charge >= 0.3 is 6.36 Å². The van der Waals surface area contributed by atoms with Gasteiger partial charge in [0.1, 0.15) is 15.7 Å². The van der Waals surface area contributed by atoms with E-state index >= 15 is 0 Å². The summed E-state index contributed by atoms with van der Waals surface area (Å²) in [4.78, 5) is 2.30. The summed E-state index contributed by atoms with van der Waals surface area (Å²) in [6.45, 7) is 2.39. The van der Waals surface area contributed by atoms with Crippen molar-refractivity contribution < 1.29 is 27.2 Å². The summed E-state index contributed by atoms with van der Waals surface area (Å²) in [5.41, 5.74) is 4.40. The van der Waals surface area contributed by atoms with E-state index in [1.807, 2.05) is 43.3 Å². The van der Waals surface area contributed by atoms with E-state index in [0.717, 1.165) is 36.3 Å². The van der Waals surface area contributed by atoms with E-state index in [9.17, 15) is 22.5 Å². The van der Waals surface area contributed by atoms with Crippen LogP contribution in [0.3, 0.4) is 0 Å². The lowest BCUT2D eigenvalue weighted by atomic mass is 10.0. The van der Waals surface area contributed by atoms with Crippen LogP contribution in [0.2, 0.25) is 0 Å². The Hall–Kier alpha value is -3.08. The number of para-hydroxylation sites is 2. The molecule has 37 heavy (non-hydrogen) atoms. The van der Waals surface area contributed by atoms with E-state index in [1.54, 1.807) is 0 Å². The van der Waals surface area contributed by atoms with Gasteiger partial charge < -0.3 is 14.7 Å². The minimum atomic E-state index is -4.82. The number of hydrogen-bond acceptors (Lipinski definition) is 5. The number of anilines is 2. The smallest absolute Gasteiger partial charge is 0.406 e. The number of rotatable bonds is 9. The number of halogens is 3. The number of aliphatic hydroxyl groups excluding tert-OH is 1. The van der Waals surface area contributed by atoms with Crippen molar-refractivity contribution in [2.45, 2.75) is 43.5 Å². The van der Waals surface area contributed by atoms with Crippen molar-refractivity contribution in [2.75, 3.05) is 24.5 Å². The van der Waals surface area contributed by atoms with E-state index in [1.165, 1.54) is 23.3 Å². The van der Waals surface area contributed by atoms with Crippen LogP contribution in [0.15, 0.2) is 82.1 Å². The lowest BCUT2D eigenvalue weighted by Crippen LogP contribution is -2.39. The van der Waals surface area contributed by atoms with Gasteiger partial charge in [0, 0.05) is 24.5 Å². The van der Waals surface area contributed by atoms with Gasteiger partial charge in [-0.3, -0.25) is 0 Å². The summed E-state index contributed by atoms with van der Waals surface area (Å²) >= 11 is 0. The molecule has 0 aliphatic carbocycles. The maximum absolute atomic E-state index is 13.7. The van der Waals surface area contributed by atoms with Crippen LogP contribution in [0.25, 0.3) is 0 Å². The Bertz CT molecular complexity index is 1270. The van der Waals surface area contributed by atoms with Crippen molar-refractivity contribution in [2.24, 2.45) is 4.36 Å². The first kappa shape index (κ1) is 27.0. The SMILES string of the molecule is CCCN=S(=O)(NC[C@H](O)CN1c2ccccc2CCc2ccccc21)c1ccc(OC(F)(F)F)cc1. The zero-order chi connectivity index (χ0) is 26.5. The summed E-state index contributed by atoms with van der Waals surface area (Å²) in [7, 11) is -3.19. The monoisotopic (exact) mass is 533 g/mol. The number of aryl methyl sites for hydroxylation is 2. The molecule has 3 aromatic carbocycles. The Labute approximate surface area is 215 Å². The number of aliphatic hydroxyl groups is 1. The molecule has 198 valence electrons. The minimum Gasteiger partial charge on any atom is -0.406 e. The third-order valence-electron chi connectivity index (χ3n) is 6.01. The van der Waals surface area contributed by atoms with Gasteiger partial charge in [-0.05, 0) is 66.8 Å². The highest BCUT2D eigenvalue weighted by atomic mass is 32.2. The van der Waals surface area contributed by atoms with Crippen molar-refractivity contribution >= 4 is 21.3 Å². The summed E-state index contributed by atoms with van der Waals surface area (Å²) in [5.74, 6) is -0.410. The van der Waals surface area contributed by atoms with Gasteiger partial charge in [0.05, 0.1) is 17.5 Å². The molecule has 6 nitrogen and oxygen atoms in total. The summed E-state index contributed by atoms with van der Waals surface area (Å²) in [5, 5.41) is 11.0. The Morgan fingerprint density at radius 1 is 1.00 bits per heavy atom. The Morgan fingerprint density at radius 3 is 2.11 bits per heavy atom. The molecular weight excluding hydrogens is 503 g/mol. The van der Waals surface area contributed by atoms with Crippen molar-refractivity contribution in [3.8, 4) is 5.75 Å². The molecule has 2 N–H and O–H groups in total. The summed E-state index contributed by atoms with van der Waals surface area (Å²) < 4.78 is 62.4. The van der Waals surface area contributed by atoms with Crippen molar-refractivity contribution in [1.82, 2.24) is 4.72 Å². The van der Waals surface area contributed by atoms with E-state index < -0.39 is 28.1 Å². The zero-order valence-corrected chi connectivity index (χ0v) is 21.3. The van der Waals surface area contributed by atoms with Crippen LogP contribution < -0.4 is 14.4 Å². The number of fused-ring (bicyclic) bond motifs is 2. The fourth-order valence-corrected chi connectivity index (χ4v) is 6.07. The van der Waals surface area contributed by atoms with Crippen LogP contribution in [-0.2, 0) is 22.8 Å². The van der Waals surface area contributed by atoms with E-state index in [4.69, 9.17) is 0 Å². The second-order valence-electron chi connectivity index (χ2n) is 8.77. The molecule has 4 rings (SSSR count). The first-order valence-electron chi connectivity index (χ1n) is 12.1. The first-order chi connectivity index (χ1) is 17.7. The molecular formula is C27H30F3N3O3S. The van der Waals surface area contributed by atoms with Crippen LogP contribution in [0.4, 0.5) is 24.5 Å². The second kappa shape index (κ2) is 11.5. The summed E-state index contributed by atoms with van der Waals surface area (Å²) in [6.07, 6.45) is -3.32. The minimum absolute atomic E-state index is 0.0340. The molecule has 0 aromatic heterocycles. The number of β-amino-alcohol motifs (C(OH)–C–C–N with tert-alkyl or cyclic N) is 1. The molecule has 10 heteroatoms. The maximum atomic E-state index is 13.7. The molecule has 1 aliphatic heterocycles. The maximum Gasteiger partial charge on any atom is 0.573 e. The Kier molecular flexibility index (Phi) is 8.41. The van der Waals surface area contributed by atoms with Crippen LogP contribution in [0.5, 0.6) is 5.75 Å². The van der Waals surface area contributed by atoms with E-state index in [-0.39, 0.29) is 24.5 Å². The van der Waals surface area contributed by atoms with E-state index in [2.05, 4.69) is 30.9 Å². The van der Waals surface area contributed by atoms with Gasteiger partial charge in [-0.1, -0.05) is 43.3 Å². The molecule has 1 aliphatic rings. The van der Waals surface area contributed by atoms with Crippen LogP contribution in [0, 0.1) is 0 Å². The molecule has 0 amide bonds. The molecule has 3 aromatic rings. The lowest BCUT2D eigenvalue weighted by Gasteiger charge is -2.29. The molecule has 1 unspecified atom stereocenters. The average molecular weight is 534 g/mol. The molecule has 0 bridgehead atoms. The zero-order valence-electron chi connectivity index (χ0n) is 20.4. The number of benzene rings is 3. The normalized spacial score (nSPS) is 15.6. The fraction of sp³-hybridized carbons (Fsp3) is 0.333. The van der Waals surface area contributed by atoms with Crippen molar-refractivity contribution in [1.29, 1.82) is 0 Å². The first-order valence-corrected chi connectivity index (χ1v) is 13.6. The number of alkyl halides is 3. The second-order valence-corrected chi connectivity index (χ2v) is 10.8. The van der Waals surface area contributed by atoms with Crippen LogP contribution in [0.1, 0.15) is 24.5 Å². The summed E-state index contributed by atoms with van der Waals surface area (Å²) in [6, 6.07) is 21.0. The Balaban J connectivity index is 1.53. The average Bonchev–Trinajstić information content (AvgIpc) is 3.03. The number of nitrogens with one attached hydrogen (secondary N) is 1. The molecule has 0 spiro atoms. The molecule has 1 heterocycles. The standard InChI is InChI=1S/C27H30F3N3O3S/c1-2-17-31-37(35,24-15-13-23(14-16-24)36-27(28,29)30)32-18-22(34)19-33-25-9-5-3-7-20(25)11-12-21-8-4-6-10-26(21)33/h3-10,13-16,22,34H,2,11-12,17-19H2,1H3,(H,31,32,35)/t22-,37?/m0/s1. The fourth-order valence-electron chi connectivity index (χ4n) is 4.30. The topological polar surface area (TPSA) is 74.2 Å². The number of nitrogens with zero attached hydrogens (tertiary/aromatic N) is 2.